The van der Waals surface area contributed by atoms with Crippen molar-refractivity contribution in [2.75, 3.05) is 17.7 Å². The maximum absolute atomic E-state index is 5.59. The second-order valence-corrected chi connectivity index (χ2v) is 4.60. The molecule has 0 spiro atoms. The molecule has 0 aliphatic carbocycles. The van der Waals surface area contributed by atoms with E-state index in [9.17, 15) is 0 Å². The summed E-state index contributed by atoms with van der Waals surface area (Å²) in [6.45, 7) is 0.774. The van der Waals surface area contributed by atoms with Crippen LogP contribution in [0, 0.1) is 0 Å². The SMILES string of the molecule is CN(Cc1ccccc1)c1nc(N)ncc1Br. The third-order valence-electron chi connectivity index (χ3n) is 2.37. The van der Waals surface area contributed by atoms with Crippen molar-refractivity contribution in [1.82, 2.24) is 9.97 Å². The molecule has 0 unspecified atom stereocenters. The number of nitrogens with zero attached hydrogens (tertiary/aromatic N) is 3. The Kier molecular flexibility index (Phi) is 3.58. The molecule has 1 heterocycles. The van der Waals surface area contributed by atoms with Crippen molar-refractivity contribution in [3.8, 4) is 0 Å². The Labute approximate surface area is 109 Å². The molecule has 5 heteroatoms. The largest absolute Gasteiger partial charge is 0.368 e. The van der Waals surface area contributed by atoms with E-state index in [0.717, 1.165) is 16.8 Å². The number of benzene rings is 1. The molecular weight excluding hydrogens is 280 g/mol. The number of nitrogens with two attached hydrogens (primary N) is 1. The number of halogens is 1. The van der Waals surface area contributed by atoms with Crippen LogP contribution in [0.4, 0.5) is 11.8 Å². The van der Waals surface area contributed by atoms with Crippen molar-refractivity contribution >= 4 is 27.7 Å². The first-order valence-electron chi connectivity index (χ1n) is 5.20. The zero-order chi connectivity index (χ0) is 12.3. The molecule has 1 aromatic carbocycles. The van der Waals surface area contributed by atoms with Crippen molar-refractivity contribution in [2.45, 2.75) is 6.54 Å². The van der Waals surface area contributed by atoms with E-state index >= 15 is 0 Å². The minimum Gasteiger partial charge on any atom is -0.368 e. The zero-order valence-corrected chi connectivity index (χ0v) is 11.1. The van der Waals surface area contributed by atoms with Gasteiger partial charge in [-0.1, -0.05) is 30.3 Å². The fraction of sp³-hybridized carbons (Fsp3) is 0.167. The Hall–Kier alpha value is -1.62. The molecule has 0 fully saturated rings. The molecule has 2 aromatic rings. The second kappa shape index (κ2) is 5.14. The molecule has 0 saturated carbocycles. The lowest BCUT2D eigenvalue weighted by Gasteiger charge is -2.19. The van der Waals surface area contributed by atoms with E-state index in [-0.39, 0.29) is 5.95 Å². The molecule has 0 atom stereocenters. The maximum atomic E-state index is 5.59. The van der Waals surface area contributed by atoms with E-state index in [4.69, 9.17) is 5.73 Å². The van der Waals surface area contributed by atoms with Gasteiger partial charge < -0.3 is 10.6 Å². The molecule has 0 aliphatic rings. The van der Waals surface area contributed by atoms with Crippen LogP contribution in [0.15, 0.2) is 41.0 Å². The molecule has 4 nitrogen and oxygen atoms in total. The number of anilines is 2. The van der Waals surface area contributed by atoms with Crippen LogP contribution in [-0.4, -0.2) is 17.0 Å². The summed E-state index contributed by atoms with van der Waals surface area (Å²) in [5.74, 6) is 1.07. The van der Waals surface area contributed by atoms with Gasteiger partial charge in [-0.05, 0) is 21.5 Å². The van der Waals surface area contributed by atoms with Crippen LogP contribution in [0.2, 0.25) is 0 Å². The average molecular weight is 293 g/mol. The minimum absolute atomic E-state index is 0.281. The number of hydrogen-bond acceptors (Lipinski definition) is 4. The number of nitrogen functional groups attached to an aromatic ring is 1. The number of aromatic nitrogens is 2. The normalized spacial score (nSPS) is 10.2. The molecule has 2 N–H and O–H groups in total. The van der Waals surface area contributed by atoms with E-state index in [1.165, 1.54) is 5.56 Å². The molecule has 0 aliphatic heterocycles. The van der Waals surface area contributed by atoms with Crippen molar-refractivity contribution in [3.05, 3.63) is 46.6 Å². The summed E-state index contributed by atoms with van der Waals surface area (Å²) in [7, 11) is 1.97. The van der Waals surface area contributed by atoms with Crippen LogP contribution >= 0.6 is 15.9 Å². The molecular formula is C12H13BrN4. The summed E-state index contributed by atoms with van der Waals surface area (Å²) in [5.41, 5.74) is 6.81. The summed E-state index contributed by atoms with van der Waals surface area (Å²) in [5, 5.41) is 0. The first-order chi connectivity index (χ1) is 8.16. The highest BCUT2D eigenvalue weighted by atomic mass is 79.9. The molecule has 88 valence electrons. The Balaban J connectivity index is 2.20. The van der Waals surface area contributed by atoms with Crippen LogP contribution < -0.4 is 10.6 Å². The lowest BCUT2D eigenvalue weighted by Crippen LogP contribution is -2.19. The van der Waals surface area contributed by atoms with Gasteiger partial charge >= 0.3 is 0 Å². The quantitative estimate of drug-likeness (QED) is 0.944. The van der Waals surface area contributed by atoms with Gasteiger partial charge in [0.15, 0.2) is 0 Å². The van der Waals surface area contributed by atoms with Gasteiger partial charge in [0, 0.05) is 19.8 Å². The van der Waals surface area contributed by atoms with Gasteiger partial charge in [0.05, 0.1) is 4.47 Å². The lowest BCUT2D eigenvalue weighted by molar-refractivity contribution is 0.889. The fourth-order valence-electron chi connectivity index (χ4n) is 1.57. The molecule has 0 bridgehead atoms. The molecule has 0 saturated heterocycles. The van der Waals surface area contributed by atoms with Crippen LogP contribution in [-0.2, 0) is 6.54 Å². The van der Waals surface area contributed by atoms with Crippen molar-refractivity contribution in [3.63, 3.8) is 0 Å². The molecule has 2 rings (SSSR count). The summed E-state index contributed by atoms with van der Waals surface area (Å²) >= 11 is 3.42. The van der Waals surface area contributed by atoms with E-state index < -0.39 is 0 Å². The predicted octanol–water partition coefficient (Wildman–Crippen LogP) is 2.46. The Morgan fingerprint density at radius 1 is 1.29 bits per heavy atom. The Morgan fingerprint density at radius 3 is 2.71 bits per heavy atom. The van der Waals surface area contributed by atoms with E-state index in [1.54, 1.807) is 6.20 Å². The second-order valence-electron chi connectivity index (χ2n) is 3.74. The highest BCUT2D eigenvalue weighted by Gasteiger charge is 2.09. The van der Waals surface area contributed by atoms with Gasteiger partial charge in [0.2, 0.25) is 5.95 Å². The zero-order valence-electron chi connectivity index (χ0n) is 9.47. The first kappa shape index (κ1) is 11.9. The van der Waals surface area contributed by atoms with Crippen molar-refractivity contribution in [2.24, 2.45) is 0 Å². The van der Waals surface area contributed by atoms with Gasteiger partial charge in [0.1, 0.15) is 5.82 Å². The minimum atomic E-state index is 0.281. The van der Waals surface area contributed by atoms with Gasteiger partial charge in [-0.2, -0.15) is 4.98 Å². The molecule has 17 heavy (non-hydrogen) atoms. The monoisotopic (exact) mass is 292 g/mol. The van der Waals surface area contributed by atoms with Crippen LogP contribution in [0.5, 0.6) is 0 Å². The molecule has 1 aromatic heterocycles. The van der Waals surface area contributed by atoms with Gasteiger partial charge in [-0.15, -0.1) is 0 Å². The number of hydrogen-bond donors (Lipinski definition) is 1. The van der Waals surface area contributed by atoms with Crippen LogP contribution in [0.1, 0.15) is 5.56 Å². The first-order valence-corrected chi connectivity index (χ1v) is 5.99. The van der Waals surface area contributed by atoms with Crippen molar-refractivity contribution < 1.29 is 0 Å². The Bertz CT molecular complexity index is 501. The topological polar surface area (TPSA) is 55.0 Å². The highest BCUT2D eigenvalue weighted by Crippen LogP contribution is 2.23. The molecule has 0 amide bonds. The number of rotatable bonds is 3. The standard InChI is InChI=1S/C12H13BrN4/c1-17(8-9-5-3-2-4-6-9)11-10(13)7-15-12(14)16-11/h2-7H,8H2,1H3,(H2,14,15,16). The van der Waals surface area contributed by atoms with E-state index in [1.807, 2.05) is 30.1 Å². The van der Waals surface area contributed by atoms with Crippen LogP contribution in [0.25, 0.3) is 0 Å². The van der Waals surface area contributed by atoms with Gasteiger partial charge in [-0.3, -0.25) is 0 Å². The maximum Gasteiger partial charge on any atom is 0.222 e. The summed E-state index contributed by atoms with van der Waals surface area (Å²) in [6, 6.07) is 10.2. The fourth-order valence-corrected chi connectivity index (χ4v) is 2.06. The summed E-state index contributed by atoms with van der Waals surface area (Å²) in [6.07, 6.45) is 1.67. The lowest BCUT2D eigenvalue weighted by atomic mass is 10.2. The highest BCUT2D eigenvalue weighted by molar-refractivity contribution is 9.10. The van der Waals surface area contributed by atoms with E-state index in [2.05, 4.69) is 38.0 Å². The predicted molar refractivity (Wildman–Crippen MR) is 72.7 cm³/mol. The molecule has 0 radical (unpaired) electrons. The average Bonchev–Trinajstić information content (AvgIpc) is 2.33. The van der Waals surface area contributed by atoms with Crippen LogP contribution in [0.3, 0.4) is 0 Å². The summed E-state index contributed by atoms with van der Waals surface area (Å²) in [4.78, 5) is 10.2. The van der Waals surface area contributed by atoms with Gasteiger partial charge in [0.25, 0.3) is 0 Å². The third kappa shape index (κ3) is 2.94. The van der Waals surface area contributed by atoms with E-state index in [0.29, 0.717) is 0 Å². The summed E-state index contributed by atoms with van der Waals surface area (Å²) < 4.78 is 0.838. The van der Waals surface area contributed by atoms with Gasteiger partial charge in [-0.25, -0.2) is 4.98 Å². The Morgan fingerprint density at radius 2 is 2.00 bits per heavy atom. The van der Waals surface area contributed by atoms with Crippen molar-refractivity contribution in [1.29, 1.82) is 0 Å². The third-order valence-corrected chi connectivity index (χ3v) is 2.93. The smallest absolute Gasteiger partial charge is 0.222 e.